The summed E-state index contributed by atoms with van der Waals surface area (Å²) in [6.07, 6.45) is 0.993. The molecule has 10 heteroatoms. The van der Waals surface area contributed by atoms with Crippen LogP contribution >= 0.6 is 11.6 Å². The van der Waals surface area contributed by atoms with E-state index in [1.54, 1.807) is 11.0 Å². The van der Waals surface area contributed by atoms with Crippen molar-refractivity contribution in [1.82, 2.24) is 15.5 Å². The Kier molecular flexibility index (Phi) is 9.60. The number of aryl methyl sites for hydroxylation is 1. The molecule has 0 bridgehead atoms. The minimum Gasteiger partial charge on any atom is -0.448 e. The fraction of sp³-hybridized carbons (Fsp3) is 0.464. The van der Waals surface area contributed by atoms with E-state index in [-0.39, 0.29) is 31.0 Å². The summed E-state index contributed by atoms with van der Waals surface area (Å²) in [7, 11) is 0. The lowest BCUT2D eigenvalue weighted by molar-refractivity contribution is -0.145. The second-order valence-corrected chi connectivity index (χ2v) is 10.1. The molecule has 0 radical (unpaired) electrons. The average molecular weight is 543 g/mol. The average Bonchev–Trinajstić information content (AvgIpc) is 2.96. The van der Waals surface area contributed by atoms with Gasteiger partial charge in [-0.1, -0.05) is 48.9 Å². The summed E-state index contributed by atoms with van der Waals surface area (Å²) in [6, 6.07) is 14.4. The molecule has 0 aromatic heterocycles. The number of amides is 3. The fourth-order valence-corrected chi connectivity index (χ4v) is 4.93. The number of ether oxygens (including phenoxy) is 2. The van der Waals surface area contributed by atoms with Crippen molar-refractivity contribution in [1.29, 1.82) is 0 Å². The minimum atomic E-state index is -0.974. The number of carbonyl (C=O) groups is 3. The number of hydrogen-bond donors (Lipinski definition) is 3. The molecular weight excluding hydrogens is 508 g/mol. The normalized spacial score (nSPS) is 18.9. The first kappa shape index (κ1) is 27.9. The topological polar surface area (TPSA) is 109 Å². The maximum absolute atomic E-state index is 13.5. The third-order valence-corrected chi connectivity index (χ3v) is 7.59. The first-order valence-electron chi connectivity index (χ1n) is 13.0. The highest BCUT2D eigenvalue weighted by molar-refractivity contribution is 6.31. The van der Waals surface area contributed by atoms with E-state index in [0.717, 1.165) is 17.5 Å². The van der Waals surface area contributed by atoms with Gasteiger partial charge in [0.2, 0.25) is 11.8 Å². The summed E-state index contributed by atoms with van der Waals surface area (Å²) in [5.74, 6) is -0.271. The molecule has 0 aliphatic carbocycles. The lowest BCUT2D eigenvalue weighted by Crippen LogP contribution is -2.57. The van der Waals surface area contributed by atoms with Gasteiger partial charge in [-0.25, -0.2) is 4.79 Å². The van der Waals surface area contributed by atoms with Gasteiger partial charge in [0.05, 0.1) is 18.6 Å². The molecule has 0 saturated carbocycles. The van der Waals surface area contributed by atoms with Gasteiger partial charge in [-0.05, 0) is 48.6 Å². The number of piperidine rings is 1. The third-order valence-electron chi connectivity index (χ3n) is 7.22. The number of hydrogen-bond acceptors (Lipinski definition) is 6. The van der Waals surface area contributed by atoms with Gasteiger partial charge in [-0.3, -0.25) is 14.9 Å². The third kappa shape index (κ3) is 7.03. The second kappa shape index (κ2) is 13.1. The van der Waals surface area contributed by atoms with Gasteiger partial charge in [0, 0.05) is 36.9 Å². The molecule has 38 heavy (non-hydrogen) atoms. The number of rotatable bonds is 8. The van der Waals surface area contributed by atoms with Crippen molar-refractivity contribution in [2.45, 2.75) is 38.8 Å². The van der Waals surface area contributed by atoms with E-state index in [4.69, 9.17) is 21.1 Å². The molecule has 2 fully saturated rings. The maximum Gasteiger partial charge on any atom is 0.411 e. The van der Waals surface area contributed by atoms with Gasteiger partial charge < -0.3 is 25.0 Å². The molecule has 2 aliphatic rings. The van der Waals surface area contributed by atoms with Crippen LogP contribution in [0.15, 0.2) is 48.5 Å². The van der Waals surface area contributed by atoms with Crippen LogP contribution in [-0.2, 0) is 32.0 Å². The Morgan fingerprint density at radius 2 is 1.87 bits per heavy atom. The highest BCUT2D eigenvalue weighted by Crippen LogP contribution is 2.33. The SMILES string of the molecule is CCc1ccc(NC(=O)OCC2(C(=O)NCc3ccccc3Cl)CCN(C(=O)C3COCCN3)CC2)cc1. The van der Waals surface area contributed by atoms with Gasteiger partial charge in [-0.2, -0.15) is 0 Å². The smallest absolute Gasteiger partial charge is 0.411 e. The van der Waals surface area contributed by atoms with Crippen molar-refractivity contribution in [3.8, 4) is 0 Å². The maximum atomic E-state index is 13.5. The van der Waals surface area contributed by atoms with Crippen molar-refractivity contribution < 1.29 is 23.9 Å². The summed E-state index contributed by atoms with van der Waals surface area (Å²) < 4.78 is 11.0. The summed E-state index contributed by atoms with van der Waals surface area (Å²) >= 11 is 6.27. The van der Waals surface area contributed by atoms with Gasteiger partial charge in [0.1, 0.15) is 12.6 Å². The largest absolute Gasteiger partial charge is 0.448 e. The van der Waals surface area contributed by atoms with Gasteiger partial charge in [-0.15, -0.1) is 0 Å². The van der Waals surface area contributed by atoms with Crippen LogP contribution in [0.5, 0.6) is 0 Å². The number of halogens is 1. The van der Waals surface area contributed by atoms with Crippen molar-refractivity contribution >= 4 is 35.2 Å². The zero-order valence-electron chi connectivity index (χ0n) is 21.6. The molecule has 2 aliphatic heterocycles. The predicted octanol–water partition coefficient (Wildman–Crippen LogP) is 3.36. The number of benzene rings is 2. The standard InChI is InChI=1S/C28H35ClN4O5/c1-2-20-7-9-22(10-8-20)32-27(36)38-19-28(26(35)31-17-21-5-3-4-6-23(21)29)11-14-33(15-12-28)25(34)24-18-37-16-13-30-24/h3-10,24,30H,2,11-19H2,1H3,(H,31,35)(H,32,36). The molecule has 3 amide bonds. The van der Waals surface area contributed by atoms with Crippen molar-refractivity contribution in [2.75, 3.05) is 44.8 Å². The monoisotopic (exact) mass is 542 g/mol. The van der Waals surface area contributed by atoms with E-state index in [1.807, 2.05) is 42.5 Å². The van der Waals surface area contributed by atoms with Crippen LogP contribution in [0.1, 0.15) is 30.9 Å². The number of morpholine rings is 1. The molecule has 1 unspecified atom stereocenters. The molecule has 2 aromatic rings. The molecule has 0 spiro atoms. The van der Waals surface area contributed by atoms with E-state index >= 15 is 0 Å². The summed E-state index contributed by atoms with van der Waals surface area (Å²) in [5, 5.41) is 9.45. The van der Waals surface area contributed by atoms with Gasteiger partial charge in [0.25, 0.3) is 0 Å². The van der Waals surface area contributed by atoms with Crippen LogP contribution in [-0.4, -0.2) is 68.3 Å². The predicted molar refractivity (Wildman–Crippen MR) is 145 cm³/mol. The lowest BCUT2D eigenvalue weighted by atomic mass is 9.78. The van der Waals surface area contributed by atoms with Crippen LogP contribution in [0.3, 0.4) is 0 Å². The van der Waals surface area contributed by atoms with E-state index in [2.05, 4.69) is 22.9 Å². The Bertz CT molecular complexity index is 1110. The molecule has 2 aromatic carbocycles. The van der Waals surface area contributed by atoms with Crippen molar-refractivity contribution in [3.05, 3.63) is 64.7 Å². The Balaban J connectivity index is 1.40. The molecule has 9 nitrogen and oxygen atoms in total. The summed E-state index contributed by atoms with van der Waals surface area (Å²) in [5.41, 5.74) is 1.60. The van der Waals surface area contributed by atoms with E-state index < -0.39 is 11.5 Å². The number of likely N-dealkylation sites (tertiary alicyclic amines) is 1. The van der Waals surface area contributed by atoms with Crippen molar-refractivity contribution in [3.63, 3.8) is 0 Å². The zero-order chi connectivity index (χ0) is 27.0. The summed E-state index contributed by atoms with van der Waals surface area (Å²) in [6.45, 7) is 4.51. The molecule has 1 atom stereocenters. The Morgan fingerprint density at radius 3 is 2.53 bits per heavy atom. The lowest BCUT2D eigenvalue weighted by Gasteiger charge is -2.41. The van der Waals surface area contributed by atoms with E-state index in [0.29, 0.717) is 56.4 Å². The van der Waals surface area contributed by atoms with Crippen LogP contribution in [0.4, 0.5) is 10.5 Å². The van der Waals surface area contributed by atoms with Gasteiger partial charge in [0.15, 0.2) is 0 Å². The Hall–Kier alpha value is -3.14. The van der Waals surface area contributed by atoms with E-state index in [9.17, 15) is 14.4 Å². The van der Waals surface area contributed by atoms with Crippen LogP contribution in [0.25, 0.3) is 0 Å². The quantitative estimate of drug-likeness (QED) is 0.472. The molecule has 3 N–H and O–H groups in total. The Labute approximate surface area is 228 Å². The molecular formula is C28H35ClN4O5. The fourth-order valence-electron chi connectivity index (χ4n) is 4.72. The number of anilines is 1. The Morgan fingerprint density at radius 1 is 1.13 bits per heavy atom. The molecule has 2 saturated heterocycles. The minimum absolute atomic E-state index is 0.0380. The zero-order valence-corrected chi connectivity index (χ0v) is 22.4. The number of nitrogens with one attached hydrogen (secondary N) is 3. The van der Waals surface area contributed by atoms with Gasteiger partial charge >= 0.3 is 6.09 Å². The van der Waals surface area contributed by atoms with Crippen LogP contribution in [0.2, 0.25) is 5.02 Å². The summed E-state index contributed by atoms with van der Waals surface area (Å²) in [4.78, 5) is 40.9. The highest BCUT2D eigenvalue weighted by atomic mass is 35.5. The molecule has 204 valence electrons. The van der Waals surface area contributed by atoms with Crippen molar-refractivity contribution in [2.24, 2.45) is 5.41 Å². The molecule has 4 rings (SSSR count). The number of nitrogens with zero attached hydrogens (tertiary/aromatic N) is 1. The second-order valence-electron chi connectivity index (χ2n) is 9.71. The van der Waals surface area contributed by atoms with E-state index in [1.165, 1.54) is 0 Å². The van der Waals surface area contributed by atoms with Crippen LogP contribution in [0, 0.1) is 5.41 Å². The molecule has 2 heterocycles. The first-order valence-corrected chi connectivity index (χ1v) is 13.4. The first-order chi connectivity index (χ1) is 18.4. The highest BCUT2D eigenvalue weighted by Gasteiger charge is 2.44. The van der Waals surface area contributed by atoms with Crippen LogP contribution < -0.4 is 16.0 Å². The number of carbonyl (C=O) groups excluding carboxylic acids is 3.